The molecule has 0 radical (unpaired) electrons. The maximum absolute atomic E-state index is 6.10. The molecule has 1 aliphatic carbocycles. The molecule has 23 heavy (non-hydrogen) atoms. The first-order valence-electron chi connectivity index (χ1n) is 7.86. The largest absolute Gasteiger partial charge is 0.493 e. The minimum atomic E-state index is 0.153. The normalized spacial score (nSPS) is 15.1. The highest BCUT2D eigenvalue weighted by Gasteiger charge is 2.34. The number of ether oxygens (including phenoxy) is 3. The van der Waals surface area contributed by atoms with E-state index in [0.29, 0.717) is 23.8 Å². The van der Waals surface area contributed by atoms with E-state index in [1.807, 2.05) is 6.07 Å². The van der Waals surface area contributed by atoms with E-state index in [0.717, 1.165) is 17.5 Å². The van der Waals surface area contributed by atoms with Gasteiger partial charge in [0.25, 0.3) is 0 Å². The van der Waals surface area contributed by atoms with Crippen LogP contribution in [0.15, 0.2) is 24.3 Å². The van der Waals surface area contributed by atoms with Crippen molar-refractivity contribution in [2.45, 2.75) is 19.3 Å². The van der Waals surface area contributed by atoms with Crippen molar-refractivity contribution in [3.8, 4) is 28.4 Å². The Bertz CT molecular complexity index is 740. The van der Waals surface area contributed by atoms with Crippen LogP contribution in [-0.2, 0) is 6.42 Å². The predicted octanol–water partition coefficient (Wildman–Crippen LogP) is 3.35. The molecule has 3 rings (SSSR count). The first-order chi connectivity index (χ1) is 11.2. The van der Waals surface area contributed by atoms with Gasteiger partial charge in [-0.05, 0) is 34.7 Å². The third-order valence-corrected chi connectivity index (χ3v) is 4.64. The molecule has 0 heterocycles. The van der Waals surface area contributed by atoms with E-state index >= 15 is 0 Å². The van der Waals surface area contributed by atoms with Crippen molar-refractivity contribution >= 4 is 0 Å². The predicted molar refractivity (Wildman–Crippen MR) is 91.8 cm³/mol. The Hall–Kier alpha value is -2.20. The summed E-state index contributed by atoms with van der Waals surface area (Å²) >= 11 is 0. The number of nitrogens with two attached hydrogens (primary N) is 1. The van der Waals surface area contributed by atoms with Crippen molar-refractivity contribution in [3.05, 3.63) is 41.0 Å². The monoisotopic (exact) mass is 313 g/mol. The van der Waals surface area contributed by atoms with Crippen molar-refractivity contribution < 1.29 is 14.2 Å². The average molecular weight is 313 g/mol. The summed E-state index contributed by atoms with van der Waals surface area (Å²) in [5.41, 5.74) is 12.1. The topological polar surface area (TPSA) is 53.7 Å². The number of methoxy groups -OCH3 is 3. The summed E-state index contributed by atoms with van der Waals surface area (Å²) in [4.78, 5) is 0. The molecule has 0 amide bonds. The second kappa shape index (κ2) is 6.13. The van der Waals surface area contributed by atoms with Crippen LogP contribution in [0.25, 0.3) is 11.1 Å². The van der Waals surface area contributed by atoms with Crippen LogP contribution in [0.3, 0.4) is 0 Å². The lowest BCUT2D eigenvalue weighted by atomic mass is 9.95. The fourth-order valence-electron chi connectivity index (χ4n) is 3.50. The van der Waals surface area contributed by atoms with Crippen LogP contribution in [0.1, 0.15) is 29.5 Å². The molecule has 0 saturated carbocycles. The van der Waals surface area contributed by atoms with E-state index in [2.05, 4.69) is 25.1 Å². The molecule has 2 N–H and O–H groups in total. The fraction of sp³-hybridized carbons (Fsp3) is 0.368. The quantitative estimate of drug-likeness (QED) is 0.920. The summed E-state index contributed by atoms with van der Waals surface area (Å²) in [7, 11) is 4.93. The molecule has 1 unspecified atom stereocenters. The van der Waals surface area contributed by atoms with Gasteiger partial charge < -0.3 is 19.9 Å². The van der Waals surface area contributed by atoms with E-state index in [1.54, 1.807) is 21.3 Å². The van der Waals surface area contributed by atoms with Gasteiger partial charge in [-0.2, -0.15) is 0 Å². The maximum atomic E-state index is 6.10. The van der Waals surface area contributed by atoms with Crippen LogP contribution in [-0.4, -0.2) is 27.9 Å². The number of hydrogen-bond donors (Lipinski definition) is 1. The molecule has 0 aromatic heterocycles. The molecular formula is C19H23NO3. The highest BCUT2D eigenvalue weighted by molar-refractivity contribution is 5.87. The average Bonchev–Trinajstić information content (AvgIpc) is 2.91. The van der Waals surface area contributed by atoms with Crippen LogP contribution >= 0.6 is 0 Å². The summed E-state index contributed by atoms with van der Waals surface area (Å²) in [6.45, 7) is 2.71. The van der Waals surface area contributed by atoms with Crippen LogP contribution in [0, 0.1) is 0 Å². The molecule has 0 aliphatic heterocycles. The van der Waals surface area contributed by atoms with Crippen molar-refractivity contribution in [2.24, 2.45) is 5.73 Å². The van der Waals surface area contributed by atoms with Gasteiger partial charge >= 0.3 is 0 Å². The first kappa shape index (κ1) is 15.7. The van der Waals surface area contributed by atoms with Crippen LogP contribution < -0.4 is 19.9 Å². The molecule has 4 nitrogen and oxygen atoms in total. The number of fused-ring (bicyclic) bond motifs is 3. The van der Waals surface area contributed by atoms with Crippen molar-refractivity contribution in [1.29, 1.82) is 0 Å². The molecule has 0 fully saturated rings. The van der Waals surface area contributed by atoms with E-state index < -0.39 is 0 Å². The zero-order chi connectivity index (χ0) is 16.6. The van der Waals surface area contributed by atoms with Crippen LogP contribution in [0.2, 0.25) is 0 Å². The van der Waals surface area contributed by atoms with Crippen LogP contribution in [0.4, 0.5) is 0 Å². The van der Waals surface area contributed by atoms with E-state index in [1.165, 1.54) is 16.7 Å². The Morgan fingerprint density at radius 1 is 0.957 bits per heavy atom. The highest BCUT2D eigenvalue weighted by Crippen LogP contribution is 2.55. The molecule has 122 valence electrons. The van der Waals surface area contributed by atoms with E-state index in [9.17, 15) is 0 Å². The minimum Gasteiger partial charge on any atom is -0.493 e. The van der Waals surface area contributed by atoms with Gasteiger partial charge in [-0.1, -0.05) is 25.1 Å². The highest BCUT2D eigenvalue weighted by atomic mass is 16.5. The van der Waals surface area contributed by atoms with Crippen molar-refractivity contribution in [1.82, 2.24) is 0 Å². The van der Waals surface area contributed by atoms with Gasteiger partial charge in [0.2, 0.25) is 5.75 Å². The molecule has 0 spiro atoms. The van der Waals surface area contributed by atoms with Crippen LogP contribution in [0.5, 0.6) is 17.2 Å². The zero-order valence-electron chi connectivity index (χ0n) is 14.1. The number of aryl methyl sites for hydroxylation is 1. The molecule has 0 bridgehead atoms. The van der Waals surface area contributed by atoms with Gasteiger partial charge in [-0.3, -0.25) is 0 Å². The van der Waals surface area contributed by atoms with Gasteiger partial charge in [0.1, 0.15) is 0 Å². The fourth-order valence-corrected chi connectivity index (χ4v) is 3.50. The summed E-state index contributed by atoms with van der Waals surface area (Å²) < 4.78 is 16.7. The minimum absolute atomic E-state index is 0.153. The second-order valence-corrected chi connectivity index (χ2v) is 5.67. The maximum Gasteiger partial charge on any atom is 0.203 e. The standard InChI is InChI=1S/C19H23NO3/c1-5-11-6-7-12-13(8-11)15(10-20)14-9-16(21-2)18(22-3)19(23-4)17(12)14/h6-9,15H,5,10,20H2,1-4H3. The molecule has 1 aliphatic rings. The Kier molecular flexibility index (Phi) is 4.18. The summed E-state index contributed by atoms with van der Waals surface area (Å²) in [6.07, 6.45) is 1.00. The third kappa shape index (κ3) is 2.25. The van der Waals surface area contributed by atoms with E-state index in [4.69, 9.17) is 19.9 Å². The summed E-state index contributed by atoms with van der Waals surface area (Å²) in [6, 6.07) is 8.61. The second-order valence-electron chi connectivity index (χ2n) is 5.67. The lowest BCUT2D eigenvalue weighted by molar-refractivity contribution is 0.325. The Morgan fingerprint density at radius 2 is 1.70 bits per heavy atom. The van der Waals surface area contributed by atoms with E-state index in [-0.39, 0.29) is 5.92 Å². The first-order valence-corrected chi connectivity index (χ1v) is 7.86. The van der Waals surface area contributed by atoms with Gasteiger partial charge in [0.05, 0.1) is 21.3 Å². The SMILES string of the molecule is CCc1ccc2c(c1)C(CN)c1cc(OC)c(OC)c(OC)c1-2. The lowest BCUT2D eigenvalue weighted by Crippen LogP contribution is -2.11. The van der Waals surface area contributed by atoms with Crippen molar-refractivity contribution in [2.75, 3.05) is 27.9 Å². The van der Waals surface area contributed by atoms with Crippen molar-refractivity contribution in [3.63, 3.8) is 0 Å². The summed E-state index contributed by atoms with van der Waals surface area (Å²) in [5, 5.41) is 0. The van der Waals surface area contributed by atoms with Gasteiger partial charge in [0.15, 0.2) is 11.5 Å². The molecule has 2 aromatic rings. The number of rotatable bonds is 5. The Morgan fingerprint density at radius 3 is 2.26 bits per heavy atom. The molecular weight excluding hydrogens is 290 g/mol. The van der Waals surface area contributed by atoms with Gasteiger partial charge in [-0.25, -0.2) is 0 Å². The smallest absolute Gasteiger partial charge is 0.203 e. The molecule has 0 saturated heterocycles. The zero-order valence-corrected chi connectivity index (χ0v) is 14.1. The number of benzene rings is 2. The Balaban J connectivity index is 2.33. The third-order valence-electron chi connectivity index (χ3n) is 4.64. The molecule has 4 heteroatoms. The number of hydrogen-bond acceptors (Lipinski definition) is 4. The molecule has 1 atom stereocenters. The van der Waals surface area contributed by atoms with Gasteiger partial charge in [-0.15, -0.1) is 0 Å². The van der Waals surface area contributed by atoms with Gasteiger partial charge in [0, 0.05) is 18.0 Å². The molecule has 2 aromatic carbocycles. The lowest BCUT2D eigenvalue weighted by Gasteiger charge is -2.17. The summed E-state index contributed by atoms with van der Waals surface area (Å²) in [5.74, 6) is 2.16. The Labute approximate surface area is 137 Å².